The summed E-state index contributed by atoms with van der Waals surface area (Å²) in [4.78, 5) is 24.8. The van der Waals surface area contributed by atoms with E-state index < -0.39 is 19.4 Å². The number of fused-ring (bicyclic) bond motifs is 1. The quantitative estimate of drug-likeness (QED) is 0.0435. The van der Waals surface area contributed by atoms with Gasteiger partial charge in [0.15, 0.2) is 11.5 Å². The normalized spacial score (nSPS) is 13.6. The fourth-order valence-corrected chi connectivity index (χ4v) is 6.80. The number of anilines is 1. The molecule has 1 amide bonds. The Hall–Kier alpha value is -3.34. The van der Waals surface area contributed by atoms with Gasteiger partial charge in [-0.15, -0.1) is 0 Å². The number of hydrogen-bond acceptors (Lipinski definition) is 8. The summed E-state index contributed by atoms with van der Waals surface area (Å²) in [5.74, 6) is 0.0598. The van der Waals surface area contributed by atoms with E-state index in [1.807, 2.05) is 6.92 Å². The average Bonchev–Trinajstić information content (AvgIpc) is 3.49. The number of amides is 1. The molecule has 0 aliphatic carbocycles. The third-order valence-electron chi connectivity index (χ3n) is 7.94. The van der Waals surface area contributed by atoms with Crippen molar-refractivity contribution >= 4 is 30.4 Å². The molecule has 1 unspecified atom stereocenters. The maximum Gasteiger partial charge on any atom is 0.341 e. The van der Waals surface area contributed by atoms with Crippen molar-refractivity contribution in [2.24, 2.45) is 0 Å². The lowest BCUT2D eigenvalue weighted by Gasteiger charge is -2.23. The summed E-state index contributed by atoms with van der Waals surface area (Å²) in [6, 6.07) is 5.28. The molecule has 4 N–H and O–H groups in total. The van der Waals surface area contributed by atoms with E-state index in [0.717, 1.165) is 25.7 Å². The van der Waals surface area contributed by atoms with Crippen molar-refractivity contribution in [3.8, 4) is 5.75 Å². The largest absolute Gasteiger partial charge is 0.431 e. The number of nitrogens with two attached hydrogens (primary N) is 1. The van der Waals surface area contributed by atoms with E-state index in [-0.39, 0.29) is 36.9 Å². The number of ether oxygens (including phenoxy) is 1. The summed E-state index contributed by atoms with van der Waals surface area (Å²) in [6.07, 6.45) is 23.2. The fourth-order valence-electron chi connectivity index (χ4n) is 5.23. The highest BCUT2D eigenvalue weighted by Crippen LogP contribution is 2.43. The zero-order valence-corrected chi connectivity index (χ0v) is 29.6. The number of allylic oxidation sites excluding steroid dienone is 2. The molecule has 1 aromatic carbocycles. The van der Waals surface area contributed by atoms with Crippen LogP contribution < -0.4 is 20.7 Å². The molecule has 0 saturated heterocycles. The standard InChI is InChI=1S/C35H55FN7O4P/c1-3-4-5-6-7-8-9-10-11-12-13-14-15-16-17-18-32(44)38-23-24-42-48(45,47-31-21-19-30(36)20-22-31)28-46-29(2)25-43-27-41-33-34(37)39-26-40-35(33)43/h10-11,19-22,26-27,29H,3-9,12-18,23-25,28H2,1-2H3,(H,38,44)(H,42,45)(H2,37,39,40)/b11-10-/t29-,48?/m1/s1. The lowest BCUT2D eigenvalue weighted by atomic mass is 10.1. The van der Waals surface area contributed by atoms with Crippen molar-refractivity contribution in [1.82, 2.24) is 29.9 Å². The molecule has 0 aliphatic rings. The SMILES string of the molecule is CCCCCCCC/C=C\CCCCCCCC(=O)NCCNP(=O)(CO[C@H](C)Cn1cnc2c(N)ncnc21)Oc1ccc(F)cc1. The van der Waals surface area contributed by atoms with E-state index in [4.69, 9.17) is 15.0 Å². The van der Waals surface area contributed by atoms with E-state index in [0.29, 0.717) is 24.1 Å². The Balaban J connectivity index is 1.31. The van der Waals surface area contributed by atoms with Gasteiger partial charge in [0.1, 0.15) is 29.8 Å². The molecular weight excluding hydrogens is 632 g/mol. The molecule has 0 aliphatic heterocycles. The lowest BCUT2D eigenvalue weighted by Crippen LogP contribution is -2.32. The van der Waals surface area contributed by atoms with E-state index in [1.54, 1.807) is 10.9 Å². The molecule has 0 bridgehead atoms. The highest BCUT2D eigenvalue weighted by atomic mass is 31.2. The topological polar surface area (TPSA) is 146 Å². The summed E-state index contributed by atoms with van der Waals surface area (Å²) in [5, 5.41) is 5.81. The van der Waals surface area contributed by atoms with Crippen molar-refractivity contribution in [2.75, 3.05) is 25.2 Å². The van der Waals surface area contributed by atoms with Crippen LogP contribution in [0.5, 0.6) is 5.75 Å². The van der Waals surface area contributed by atoms with Crippen LogP contribution in [0.4, 0.5) is 10.2 Å². The number of carbonyl (C=O) groups is 1. The first-order valence-corrected chi connectivity index (χ1v) is 19.3. The molecule has 266 valence electrons. The Kier molecular flexibility index (Phi) is 18.2. The Morgan fingerprint density at radius 1 is 0.958 bits per heavy atom. The molecule has 0 saturated carbocycles. The van der Waals surface area contributed by atoms with Gasteiger partial charge in [-0.3, -0.25) is 9.36 Å². The van der Waals surface area contributed by atoms with Crippen molar-refractivity contribution in [2.45, 2.75) is 116 Å². The summed E-state index contributed by atoms with van der Waals surface area (Å²) >= 11 is 0. The molecule has 0 fully saturated rings. The zero-order chi connectivity index (χ0) is 34.5. The first-order chi connectivity index (χ1) is 23.3. The molecule has 2 heterocycles. The molecule has 48 heavy (non-hydrogen) atoms. The minimum Gasteiger partial charge on any atom is -0.431 e. The number of nitrogens with one attached hydrogen (secondary N) is 2. The molecule has 0 radical (unpaired) electrons. The van der Waals surface area contributed by atoms with Gasteiger partial charge in [0.05, 0.1) is 19.0 Å². The van der Waals surface area contributed by atoms with Crippen molar-refractivity contribution in [3.63, 3.8) is 0 Å². The predicted molar refractivity (Wildman–Crippen MR) is 190 cm³/mol. The van der Waals surface area contributed by atoms with Crippen LogP contribution in [0.15, 0.2) is 49.1 Å². The summed E-state index contributed by atoms with van der Waals surface area (Å²) in [7, 11) is -3.59. The van der Waals surface area contributed by atoms with E-state index in [2.05, 4.69) is 44.4 Å². The highest BCUT2D eigenvalue weighted by molar-refractivity contribution is 7.57. The van der Waals surface area contributed by atoms with Gasteiger partial charge in [0, 0.05) is 19.5 Å². The lowest BCUT2D eigenvalue weighted by molar-refractivity contribution is -0.121. The average molecular weight is 688 g/mol. The number of benzene rings is 1. The molecule has 0 spiro atoms. The van der Waals surface area contributed by atoms with E-state index in [9.17, 15) is 13.8 Å². The smallest absolute Gasteiger partial charge is 0.341 e. The maximum absolute atomic E-state index is 13.8. The van der Waals surface area contributed by atoms with Gasteiger partial charge in [-0.25, -0.2) is 24.4 Å². The minimum absolute atomic E-state index is 0.0365. The Bertz CT molecular complexity index is 1420. The predicted octanol–water partition coefficient (Wildman–Crippen LogP) is 7.93. The van der Waals surface area contributed by atoms with Gasteiger partial charge in [0.25, 0.3) is 0 Å². The van der Waals surface area contributed by atoms with Crippen LogP contribution in [0.3, 0.4) is 0 Å². The molecule has 11 nitrogen and oxygen atoms in total. The maximum atomic E-state index is 13.8. The molecule has 13 heteroatoms. The minimum atomic E-state index is -3.59. The highest BCUT2D eigenvalue weighted by Gasteiger charge is 2.26. The molecule has 2 aromatic heterocycles. The number of nitrogen functional groups attached to an aromatic ring is 1. The number of halogens is 1. The van der Waals surface area contributed by atoms with Gasteiger partial charge in [-0.2, -0.15) is 0 Å². The third-order valence-corrected chi connectivity index (χ3v) is 9.64. The summed E-state index contributed by atoms with van der Waals surface area (Å²) in [5.41, 5.74) is 6.95. The zero-order valence-electron chi connectivity index (χ0n) is 28.7. The number of hydrogen-bond donors (Lipinski definition) is 3. The van der Waals surface area contributed by atoms with Crippen LogP contribution in [0.2, 0.25) is 0 Å². The van der Waals surface area contributed by atoms with Gasteiger partial charge < -0.3 is 24.9 Å². The number of unbranched alkanes of at least 4 members (excludes halogenated alkanes) is 11. The van der Waals surface area contributed by atoms with Crippen LogP contribution in [0, 0.1) is 5.82 Å². The van der Waals surface area contributed by atoms with Crippen LogP contribution in [-0.4, -0.2) is 51.0 Å². The van der Waals surface area contributed by atoms with Crippen LogP contribution in [0.25, 0.3) is 11.2 Å². The van der Waals surface area contributed by atoms with Crippen molar-refractivity contribution in [3.05, 3.63) is 54.9 Å². The monoisotopic (exact) mass is 687 g/mol. The van der Waals surface area contributed by atoms with Gasteiger partial charge in [-0.05, 0) is 63.3 Å². The second-order valence-corrected chi connectivity index (χ2v) is 14.3. The van der Waals surface area contributed by atoms with Crippen LogP contribution in [-0.2, 0) is 20.6 Å². The Morgan fingerprint density at radius 3 is 2.33 bits per heavy atom. The summed E-state index contributed by atoms with van der Waals surface area (Å²) in [6.45, 7) is 4.93. The number of nitrogens with zero attached hydrogens (tertiary/aromatic N) is 4. The van der Waals surface area contributed by atoms with Crippen LogP contribution in [0.1, 0.15) is 104 Å². The number of aromatic nitrogens is 4. The second-order valence-electron chi connectivity index (χ2n) is 12.2. The van der Waals surface area contributed by atoms with Gasteiger partial charge in [-0.1, -0.05) is 70.4 Å². The number of rotatable bonds is 26. The summed E-state index contributed by atoms with van der Waals surface area (Å²) < 4.78 is 40.7. The van der Waals surface area contributed by atoms with Gasteiger partial charge in [0.2, 0.25) is 5.91 Å². The molecular formula is C35H55FN7O4P. The first kappa shape index (κ1) is 39.1. The van der Waals surface area contributed by atoms with Gasteiger partial charge >= 0.3 is 7.52 Å². The Morgan fingerprint density at radius 2 is 1.62 bits per heavy atom. The van der Waals surface area contributed by atoms with E-state index in [1.165, 1.54) is 88.4 Å². The van der Waals surface area contributed by atoms with Crippen LogP contribution >= 0.6 is 7.52 Å². The fraction of sp³-hybridized carbons (Fsp3) is 0.600. The molecule has 3 rings (SSSR count). The van der Waals surface area contributed by atoms with E-state index >= 15 is 0 Å². The first-order valence-electron chi connectivity index (χ1n) is 17.5. The second kappa shape index (κ2) is 22.3. The molecule has 2 atom stereocenters. The Labute approximate surface area is 285 Å². The number of carbonyl (C=O) groups excluding carboxylic acids is 1. The third kappa shape index (κ3) is 15.3. The van der Waals surface area contributed by atoms with Crippen molar-refractivity contribution < 1.29 is 23.0 Å². The molecule has 3 aromatic rings. The number of imidazole rings is 1. The van der Waals surface area contributed by atoms with Crippen molar-refractivity contribution in [1.29, 1.82) is 0 Å².